The predicted molar refractivity (Wildman–Crippen MR) is 82.8 cm³/mol. The zero-order valence-corrected chi connectivity index (χ0v) is 12.6. The zero-order valence-electron chi connectivity index (χ0n) is 12.6. The van der Waals surface area contributed by atoms with Gasteiger partial charge in [0.15, 0.2) is 5.60 Å². The quantitative estimate of drug-likeness (QED) is 0.677. The maximum absolute atomic E-state index is 12.6. The fourth-order valence-corrected chi connectivity index (χ4v) is 3.43. The lowest BCUT2D eigenvalue weighted by Crippen LogP contribution is -2.53. The van der Waals surface area contributed by atoms with Crippen molar-refractivity contribution in [1.29, 1.82) is 0 Å². The average Bonchev–Trinajstić information content (AvgIpc) is 2.57. The Morgan fingerprint density at radius 3 is 2.59 bits per heavy atom. The maximum atomic E-state index is 12.6. The molecule has 3 saturated heterocycles. The van der Waals surface area contributed by atoms with Crippen LogP contribution in [0.4, 0.5) is 0 Å². The SMILES string of the molecule is C#CC[C@](O)(C(=O)O[C@H]1CN2CCC1CC2)c1ccccc1. The molecule has 22 heavy (non-hydrogen) atoms. The Morgan fingerprint density at radius 2 is 2.05 bits per heavy atom. The summed E-state index contributed by atoms with van der Waals surface area (Å²) in [6.45, 7) is 2.91. The van der Waals surface area contributed by atoms with E-state index in [0.717, 1.165) is 32.5 Å². The molecule has 4 heteroatoms. The molecule has 4 rings (SSSR count). The summed E-state index contributed by atoms with van der Waals surface area (Å²) in [7, 11) is 0. The van der Waals surface area contributed by atoms with Gasteiger partial charge < -0.3 is 9.84 Å². The molecular weight excluding hydrogens is 278 g/mol. The first kappa shape index (κ1) is 15.1. The second kappa shape index (κ2) is 6.12. The van der Waals surface area contributed by atoms with Gasteiger partial charge in [-0.05, 0) is 37.4 Å². The van der Waals surface area contributed by atoms with Crippen molar-refractivity contribution in [2.45, 2.75) is 31.0 Å². The van der Waals surface area contributed by atoms with E-state index in [1.165, 1.54) is 0 Å². The summed E-state index contributed by atoms with van der Waals surface area (Å²) in [5.74, 6) is 2.17. The van der Waals surface area contributed by atoms with Gasteiger partial charge in [-0.15, -0.1) is 12.3 Å². The smallest absolute Gasteiger partial charge is 0.344 e. The van der Waals surface area contributed by atoms with Crippen molar-refractivity contribution < 1.29 is 14.6 Å². The Kier molecular flexibility index (Phi) is 4.19. The number of fused-ring (bicyclic) bond motifs is 3. The van der Waals surface area contributed by atoms with E-state index in [1.54, 1.807) is 24.3 Å². The van der Waals surface area contributed by atoms with Crippen LogP contribution in [0.3, 0.4) is 0 Å². The molecule has 1 aromatic rings. The molecule has 4 nitrogen and oxygen atoms in total. The number of ether oxygens (including phenoxy) is 1. The topological polar surface area (TPSA) is 49.8 Å². The molecule has 0 amide bonds. The molecule has 3 heterocycles. The highest BCUT2D eigenvalue weighted by molar-refractivity contribution is 5.81. The standard InChI is InChI=1S/C18H21NO3/c1-2-10-18(21,15-6-4-3-5-7-15)17(20)22-16-13-19-11-8-14(16)9-12-19/h1,3-7,14,16,21H,8-13H2/t16-,18+/m0/s1. The van der Waals surface area contributed by atoms with E-state index >= 15 is 0 Å². The molecule has 0 radical (unpaired) electrons. The first-order valence-electron chi connectivity index (χ1n) is 7.78. The highest BCUT2D eigenvalue weighted by Gasteiger charge is 2.43. The van der Waals surface area contributed by atoms with Crippen LogP contribution in [0.5, 0.6) is 0 Å². The minimum atomic E-state index is -1.76. The Hall–Kier alpha value is -1.83. The summed E-state index contributed by atoms with van der Waals surface area (Å²) in [6.07, 6.45) is 7.24. The van der Waals surface area contributed by atoms with Gasteiger partial charge in [0.2, 0.25) is 0 Å². The van der Waals surface area contributed by atoms with Gasteiger partial charge in [-0.2, -0.15) is 0 Å². The van der Waals surface area contributed by atoms with E-state index in [4.69, 9.17) is 11.2 Å². The zero-order chi connectivity index (χ0) is 15.6. The number of carbonyl (C=O) groups excluding carboxylic acids is 1. The van der Waals surface area contributed by atoms with Gasteiger partial charge in [0.05, 0.1) is 6.42 Å². The largest absolute Gasteiger partial charge is 0.458 e. The van der Waals surface area contributed by atoms with E-state index in [2.05, 4.69) is 10.8 Å². The van der Waals surface area contributed by atoms with E-state index in [0.29, 0.717) is 11.5 Å². The van der Waals surface area contributed by atoms with Crippen LogP contribution in [0, 0.1) is 18.3 Å². The van der Waals surface area contributed by atoms with Gasteiger partial charge in [0, 0.05) is 6.54 Å². The monoisotopic (exact) mass is 299 g/mol. The molecule has 0 aliphatic carbocycles. The summed E-state index contributed by atoms with van der Waals surface area (Å²) in [6, 6.07) is 8.79. The van der Waals surface area contributed by atoms with Crippen LogP contribution in [-0.4, -0.2) is 41.7 Å². The minimum absolute atomic E-state index is 0.0864. The van der Waals surface area contributed by atoms with Crippen LogP contribution in [0.15, 0.2) is 30.3 Å². The van der Waals surface area contributed by atoms with E-state index in [9.17, 15) is 9.90 Å². The molecule has 1 N–H and O–H groups in total. The molecular formula is C18H21NO3. The number of hydrogen-bond acceptors (Lipinski definition) is 4. The number of esters is 1. The van der Waals surface area contributed by atoms with Gasteiger partial charge in [-0.25, -0.2) is 4.79 Å². The van der Waals surface area contributed by atoms with Crippen LogP contribution >= 0.6 is 0 Å². The van der Waals surface area contributed by atoms with Crippen LogP contribution in [-0.2, 0) is 15.1 Å². The van der Waals surface area contributed by atoms with Crippen molar-refractivity contribution >= 4 is 5.97 Å². The Balaban J connectivity index is 1.77. The van der Waals surface area contributed by atoms with Gasteiger partial charge in [-0.1, -0.05) is 30.3 Å². The molecule has 0 saturated carbocycles. The number of hydrogen-bond donors (Lipinski definition) is 1. The molecule has 2 bridgehead atoms. The highest BCUT2D eigenvalue weighted by Crippen LogP contribution is 2.33. The average molecular weight is 299 g/mol. The summed E-state index contributed by atoms with van der Waals surface area (Å²) < 4.78 is 5.67. The fourth-order valence-electron chi connectivity index (χ4n) is 3.43. The summed E-state index contributed by atoms with van der Waals surface area (Å²) in [5.41, 5.74) is -1.28. The Morgan fingerprint density at radius 1 is 1.36 bits per heavy atom. The van der Waals surface area contributed by atoms with E-state index < -0.39 is 11.6 Å². The van der Waals surface area contributed by atoms with Crippen LogP contribution in [0.2, 0.25) is 0 Å². The summed E-state index contributed by atoms with van der Waals surface area (Å²) in [4.78, 5) is 14.9. The number of nitrogens with zero attached hydrogens (tertiary/aromatic N) is 1. The van der Waals surface area contributed by atoms with Crippen molar-refractivity contribution in [3.63, 3.8) is 0 Å². The first-order valence-corrected chi connectivity index (χ1v) is 7.78. The second-order valence-corrected chi connectivity index (χ2v) is 6.19. The van der Waals surface area contributed by atoms with Crippen LogP contribution < -0.4 is 0 Å². The molecule has 3 aliphatic rings. The third-order valence-corrected chi connectivity index (χ3v) is 4.80. The molecule has 2 atom stereocenters. The van der Waals surface area contributed by atoms with Gasteiger partial charge in [-0.3, -0.25) is 4.90 Å². The molecule has 0 unspecified atom stereocenters. The second-order valence-electron chi connectivity index (χ2n) is 6.19. The van der Waals surface area contributed by atoms with Gasteiger partial charge in [0.25, 0.3) is 0 Å². The number of piperidine rings is 3. The molecule has 1 aromatic carbocycles. The third-order valence-electron chi connectivity index (χ3n) is 4.80. The normalized spacial score (nSPS) is 29.4. The van der Waals surface area contributed by atoms with Gasteiger partial charge in [0.1, 0.15) is 6.10 Å². The lowest BCUT2D eigenvalue weighted by atomic mass is 9.85. The highest BCUT2D eigenvalue weighted by atomic mass is 16.6. The Bertz CT molecular complexity index is 572. The maximum Gasteiger partial charge on any atom is 0.344 e. The van der Waals surface area contributed by atoms with Crippen molar-refractivity contribution in [3.05, 3.63) is 35.9 Å². The van der Waals surface area contributed by atoms with Crippen molar-refractivity contribution in [1.82, 2.24) is 4.90 Å². The number of carbonyl (C=O) groups is 1. The fraction of sp³-hybridized carbons (Fsp3) is 0.500. The van der Waals surface area contributed by atoms with Crippen LogP contribution in [0.1, 0.15) is 24.8 Å². The molecule has 0 aromatic heterocycles. The summed E-state index contributed by atoms with van der Waals surface area (Å²) in [5, 5.41) is 10.8. The van der Waals surface area contributed by atoms with Gasteiger partial charge >= 0.3 is 5.97 Å². The number of aliphatic hydroxyl groups is 1. The van der Waals surface area contributed by atoms with Crippen molar-refractivity contribution in [3.8, 4) is 12.3 Å². The summed E-state index contributed by atoms with van der Waals surface area (Å²) >= 11 is 0. The molecule has 116 valence electrons. The van der Waals surface area contributed by atoms with Crippen molar-refractivity contribution in [2.24, 2.45) is 5.92 Å². The number of rotatable bonds is 4. The third kappa shape index (κ3) is 2.75. The minimum Gasteiger partial charge on any atom is -0.458 e. The Labute approximate surface area is 131 Å². The lowest BCUT2D eigenvalue weighted by molar-refractivity contribution is -0.181. The number of benzene rings is 1. The predicted octanol–water partition coefficient (Wildman–Crippen LogP) is 1.53. The number of terminal acetylenes is 1. The van der Waals surface area contributed by atoms with E-state index in [-0.39, 0.29) is 12.5 Å². The molecule has 0 spiro atoms. The van der Waals surface area contributed by atoms with Crippen LogP contribution in [0.25, 0.3) is 0 Å². The van der Waals surface area contributed by atoms with E-state index in [1.807, 2.05) is 6.07 Å². The first-order chi connectivity index (χ1) is 10.6. The lowest BCUT2D eigenvalue weighted by Gasteiger charge is -2.44. The molecule has 3 aliphatic heterocycles. The van der Waals surface area contributed by atoms with Crippen molar-refractivity contribution in [2.75, 3.05) is 19.6 Å². The molecule has 3 fully saturated rings.